The van der Waals surface area contributed by atoms with Crippen molar-refractivity contribution in [1.82, 2.24) is 0 Å². The molecule has 6 rings (SSSR count). The molecule has 0 nitrogen and oxygen atoms in total. The zero-order valence-corrected chi connectivity index (χ0v) is 34.6. The fourth-order valence-corrected chi connectivity index (χ4v) is 6.10. The second-order valence-corrected chi connectivity index (χ2v) is 16.7. The van der Waals surface area contributed by atoms with Crippen LogP contribution in [0.5, 0.6) is 0 Å². The summed E-state index contributed by atoms with van der Waals surface area (Å²) in [5.41, 5.74) is 12.4. The minimum Gasteiger partial charge on any atom is -1.00 e. The summed E-state index contributed by atoms with van der Waals surface area (Å²) in [5, 5.41) is 5.48. The Balaban J connectivity index is 0.000000294. The Morgan fingerprint density at radius 2 is 0.711 bits per heavy atom. The van der Waals surface area contributed by atoms with E-state index in [9.17, 15) is 0 Å². The van der Waals surface area contributed by atoms with Crippen LogP contribution in [0.1, 0.15) is 116 Å². The first-order valence-electron chi connectivity index (χ1n) is 15.7. The SMILES string of the molecule is CC(C)(C)c1ccc2c(c1)Cc1cc(C(C)(C)C)ccc1-2.CC(C)(C)c1ccc2c(c1)[cH-]c1cc(C(C)(C)C)ccc12.[Cl-].[Cl-].[Hf]. The van der Waals surface area contributed by atoms with Gasteiger partial charge < -0.3 is 24.8 Å². The van der Waals surface area contributed by atoms with Gasteiger partial charge in [0, 0.05) is 25.8 Å². The largest absolute Gasteiger partial charge is 1.00 e. The van der Waals surface area contributed by atoms with Crippen LogP contribution in [0, 0.1) is 0 Å². The third-order valence-corrected chi connectivity index (χ3v) is 9.05. The molecule has 5 aromatic carbocycles. The van der Waals surface area contributed by atoms with Crippen LogP contribution in [0.25, 0.3) is 32.7 Å². The van der Waals surface area contributed by atoms with E-state index in [1.807, 2.05) is 0 Å². The second kappa shape index (κ2) is 13.7. The smallest absolute Gasteiger partial charge is 0 e. The standard InChI is InChI=1S/C21H26.C21H25.2ClH.Hf/c2*1-20(2,3)16-7-9-18-14(12-16)11-15-13-17(21(4,5)6)8-10-19(15)18;;;/h7-10,12-13H,11H2,1-6H3;7-13H,1-6H3;2*1H;/q;-1;;;/p-2. The van der Waals surface area contributed by atoms with Gasteiger partial charge in [0.25, 0.3) is 0 Å². The van der Waals surface area contributed by atoms with Gasteiger partial charge in [-0.1, -0.05) is 155 Å². The van der Waals surface area contributed by atoms with E-state index >= 15 is 0 Å². The molecular formula is C42H51Cl2Hf-3. The van der Waals surface area contributed by atoms with E-state index in [-0.39, 0.29) is 72.3 Å². The van der Waals surface area contributed by atoms with Crippen LogP contribution < -0.4 is 24.8 Å². The summed E-state index contributed by atoms with van der Waals surface area (Å²) in [4.78, 5) is 0. The Morgan fingerprint density at radius 3 is 1.02 bits per heavy atom. The Morgan fingerprint density at radius 1 is 0.422 bits per heavy atom. The molecule has 0 atom stereocenters. The molecule has 3 heteroatoms. The summed E-state index contributed by atoms with van der Waals surface area (Å²) in [6.07, 6.45) is 1.08. The number of fused-ring (bicyclic) bond motifs is 6. The average Bonchev–Trinajstić information content (AvgIpc) is 3.43. The number of halogens is 2. The van der Waals surface area contributed by atoms with Crippen molar-refractivity contribution in [3.8, 4) is 11.1 Å². The second-order valence-electron chi connectivity index (χ2n) is 16.7. The minimum absolute atomic E-state index is 0. The fourth-order valence-electron chi connectivity index (χ4n) is 6.10. The average molecular weight is 805 g/mol. The molecule has 0 aliphatic heterocycles. The Bertz CT molecular complexity index is 1650. The molecule has 0 heterocycles. The maximum Gasteiger partial charge on any atom is 0 e. The third kappa shape index (κ3) is 8.38. The molecule has 0 N–H and O–H groups in total. The predicted molar refractivity (Wildman–Crippen MR) is 187 cm³/mol. The summed E-state index contributed by atoms with van der Waals surface area (Å²) >= 11 is 0. The molecule has 0 bridgehead atoms. The van der Waals surface area contributed by atoms with Crippen LogP contribution in [0.3, 0.4) is 0 Å². The first-order chi connectivity index (χ1) is 19.3. The molecule has 1 aliphatic carbocycles. The van der Waals surface area contributed by atoms with Crippen LogP contribution in [0.4, 0.5) is 0 Å². The van der Waals surface area contributed by atoms with Crippen LogP contribution in [0.15, 0.2) is 78.9 Å². The van der Waals surface area contributed by atoms with E-state index < -0.39 is 0 Å². The first-order valence-corrected chi connectivity index (χ1v) is 15.7. The monoisotopic (exact) mass is 805 g/mol. The van der Waals surface area contributed by atoms with Crippen molar-refractivity contribution in [3.05, 3.63) is 112 Å². The third-order valence-electron chi connectivity index (χ3n) is 9.05. The van der Waals surface area contributed by atoms with Crippen molar-refractivity contribution in [2.24, 2.45) is 0 Å². The first kappa shape index (κ1) is 39.4. The molecule has 0 unspecified atom stereocenters. The van der Waals surface area contributed by atoms with E-state index in [0.29, 0.717) is 0 Å². The number of hydrogen-bond donors (Lipinski definition) is 0. The molecular weight excluding hydrogens is 754 g/mol. The normalized spacial score (nSPS) is 12.7. The van der Waals surface area contributed by atoms with Gasteiger partial charge in [0.15, 0.2) is 0 Å². The number of benzene rings is 4. The quantitative estimate of drug-likeness (QED) is 0.128. The molecule has 0 radical (unpaired) electrons. The Labute approximate surface area is 304 Å². The van der Waals surface area contributed by atoms with E-state index in [1.54, 1.807) is 0 Å². The van der Waals surface area contributed by atoms with Gasteiger partial charge in [-0.05, 0) is 61.5 Å². The van der Waals surface area contributed by atoms with E-state index in [2.05, 4.69) is 162 Å². The number of rotatable bonds is 0. The maximum atomic E-state index is 2.41. The minimum atomic E-state index is 0. The predicted octanol–water partition coefficient (Wildman–Crippen LogP) is 6.17. The van der Waals surface area contributed by atoms with Gasteiger partial charge in [0.05, 0.1) is 0 Å². The molecule has 0 fully saturated rings. The molecule has 1 aliphatic rings. The zero-order chi connectivity index (χ0) is 30.8. The maximum absolute atomic E-state index is 2.41. The van der Waals surface area contributed by atoms with Crippen molar-refractivity contribution < 1.29 is 50.7 Å². The molecule has 0 amide bonds. The van der Waals surface area contributed by atoms with Crippen molar-refractivity contribution in [2.75, 3.05) is 0 Å². The topological polar surface area (TPSA) is 0 Å². The summed E-state index contributed by atoms with van der Waals surface area (Å²) < 4.78 is 0. The van der Waals surface area contributed by atoms with Gasteiger partial charge in [-0.15, -0.1) is 39.7 Å². The summed E-state index contributed by atoms with van der Waals surface area (Å²) in [5.74, 6) is 0. The number of hydrogen-bond acceptors (Lipinski definition) is 0. The van der Waals surface area contributed by atoms with Crippen molar-refractivity contribution >= 4 is 21.5 Å². The molecule has 5 aromatic rings. The summed E-state index contributed by atoms with van der Waals surface area (Å²) in [7, 11) is 0. The molecule has 240 valence electrons. The van der Waals surface area contributed by atoms with Gasteiger partial charge in [-0.3, -0.25) is 0 Å². The van der Waals surface area contributed by atoms with Gasteiger partial charge in [-0.2, -0.15) is 0 Å². The van der Waals surface area contributed by atoms with Crippen LogP contribution in [-0.2, 0) is 53.9 Å². The van der Waals surface area contributed by atoms with Crippen LogP contribution >= 0.6 is 0 Å². The molecule has 0 spiro atoms. The summed E-state index contributed by atoms with van der Waals surface area (Å²) in [6, 6.07) is 30.2. The molecule has 45 heavy (non-hydrogen) atoms. The Kier molecular flexibility index (Phi) is 12.0. The van der Waals surface area contributed by atoms with E-state index in [1.165, 1.54) is 66.1 Å². The molecule has 0 aromatic heterocycles. The van der Waals surface area contributed by atoms with Crippen molar-refractivity contribution in [1.29, 1.82) is 0 Å². The van der Waals surface area contributed by atoms with E-state index in [4.69, 9.17) is 0 Å². The van der Waals surface area contributed by atoms with Crippen LogP contribution in [0.2, 0.25) is 0 Å². The molecule has 0 saturated carbocycles. The molecule has 0 saturated heterocycles. The van der Waals surface area contributed by atoms with Gasteiger partial charge in [-0.25, -0.2) is 0 Å². The zero-order valence-electron chi connectivity index (χ0n) is 29.5. The summed E-state index contributed by atoms with van der Waals surface area (Å²) in [6.45, 7) is 27.4. The Hall–Kier alpha value is -1.80. The van der Waals surface area contributed by atoms with E-state index in [0.717, 1.165) is 6.42 Å². The van der Waals surface area contributed by atoms with Crippen molar-refractivity contribution in [3.63, 3.8) is 0 Å². The fraction of sp³-hybridized carbons (Fsp3) is 0.405. The van der Waals surface area contributed by atoms with Gasteiger partial charge in [0.2, 0.25) is 0 Å². The van der Waals surface area contributed by atoms with Crippen LogP contribution in [-0.4, -0.2) is 0 Å². The van der Waals surface area contributed by atoms with Crippen molar-refractivity contribution in [2.45, 2.75) is 111 Å². The van der Waals surface area contributed by atoms with Gasteiger partial charge >= 0.3 is 0 Å². The van der Waals surface area contributed by atoms with Gasteiger partial charge in [0.1, 0.15) is 0 Å².